The van der Waals surface area contributed by atoms with Gasteiger partial charge in [0.1, 0.15) is 5.52 Å². The highest BCUT2D eigenvalue weighted by Crippen LogP contribution is 2.18. The topological polar surface area (TPSA) is 93.6 Å². The van der Waals surface area contributed by atoms with Crippen LogP contribution in [0.5, 0.6) is 0 Å². The summed E-state index contributed by atoms with van der Waals surface area (Å²) < 4.78 is 5.49. The lowest BCUT2D eigenvalue weighted by atomic mass is 10.1. The fraction of sp³-hybridized carbons (Fsp3) is 0.0667. The van der Waals surface area contributed by atoms with Gasteiger partial charge in [-0.15, -0.1) is 0 Å². The minimum absolute atomic E-state index is 0.0449. The Morgan fingerprint density at radius 2 is 1.95 bits per heavy atom. The van der Waals surface area contributed by atoms with Gasteiger partial charge in [0.05, 0.1) is 10.6 Å². The molecular formula is C15H12N4O3. The number of nitrogens with zero attached hydrogens (tertiary/aromatic N) is 3. The van der Waals surface area contributed by atoms with Crippen LogP contribution in [0.1, 0.15) is 12.5 Å². The first-order valence-corrected chi connectivity index (χ1v) is 6.54. The molecule has 1 heterocycles. The smallest absolute Gasteiger partial charge is 0.316 e. The number of anilines is 1. The number of hydrazone groups is 1. The first-order valence-electron chi connectivity index (χ1n) is 6.54. The molecule has 0 aliphatic rings. The second-order valence-corrected chi connectivity index (χ2v) is 4.60. The predicted molar refractivity (Wildman–Crippen MR) is 82.9 cm³/mol. The minimum atomic E-state index is -0.438. The number of rotatable bonds is 4. The van der Waals surface area contributed by atoms with Gasteiger partial charge in [0.2, 0.25) is 0 Å². The molecule has 0 unspecified atom stereocenters. The molecule has 1 aromatic heterocycles. The maximum absolute atomic E-state index is 10.6. The normalized spacial score (nSPS) is 11.6. The van der Waals surface area contributed by atoms with Crippen LogP contribution in [0.4, 0.5) is 11.7 Å². The van der Waals surface area contributed by atoms with E-state index >= 15 is 0 Å². The Morgan fingerprint density at radius 1 is 1.23 bits per heavy atom. The van der Waals surface area contributed by atoms with Crippen molar-refractivity contribution in [2.45, 2.75) is 6.92 Å². The summed E-state index contributed by atoms with van der Waals surface area (Å²) in [5, 5.41) is 14.8. The number of benzene rings is 2. The summed E-state index contributed by atoms with van der Waals surface area (Å²) in [4.78, 5) is 14.4. The second kappa shape index (κ2) is 5.65. The van der Waals surface area contributed by atoms with Crippen molar-refractivity contribution in [3.63, 3.8) is 0 Å². The van der Waals surface area contributed by atoms with Crippen LogP contribution in [0.15, 0.2) is 58.0 Å². The number of nitrogens with one attached hydrogen (secondary N) is 1. The van der Waals surface area contributed by atoms with Gasteiger partial charge in [-0.25, -0.2) is 5.43 Å². The molecule has 3 rings (SSSR count). The van der Waals surface area contributed by atoms with E-state index in [2.05, 4.69) is 15.5 Å². The minimum Gasteiger partial charge on any atom is -0.422 e. The summed E-state index contributed by atoms with van der Waals surface area (Å²) in [5.74, 6) is 0. The van der Waals surface area contributed by atoms with E-state index in [0.717, 1.165) is 11.1 Å². The SMILES string of the molecule is C/C(=N\Nc1nc2ccccc2o1)c1ccc([N+](=O)[O-])cc1. The van der Waals surface area contributed by atoms with Gasteiger partial charge >= 0.3 is 6.01 Å². The lowest BCUT2D eigenvalue weighted by Gasteiger charge is -2.00. The van der Waals surface area contributed by atoms with E-state index in [1.807, 2.05) is 24.3 Å². The van der Waals surface area contributed by atoms with Crippen molar-refractivity contribution < 1.29 is 9.34 Å². The Bertz CT molecular complexity index is 820. The van der Waals surface area contributed by atoms with Gasteiger partial charge < -0.3 is 4.42 Å². The van der Waals surface area contributed by atoms with Crippen molar-refractivity contribution >= 4 is 28.5 Å². The maximum atomic E-state index is 10.6. The van der Waals surface area contributed by atoms with E-state index in [4.69, 9.17) is 4.42 Å². The zero-order valence-corrected chi connectivity index (χ0v) is 11.7. The summed E-state index contributed by atoms with van der Waals surface area (Å²) in [6, 6.07) is 13.9. The fourth-order valence-electron chi connectivity index (χ4n) is 1.94. The third-order valence-electron chi connectivity index (χ3n) is 3.11. The third-order valence-corrected chi connectivity index (χ3v) is 3.11. The molecule has 110 valence electrons. The molecule has 0 aliphatic heterocycles. The highest BCUT2D eigenvalue weighted by atomic mass is 16.6. The van der Waals surface area contributed by atoms with Crippen LogP contribution in [0, 0.1) is 10.1 Å². The molecule has 0 bridgehead atoms. The van der Waals surface area contributed by atoms with Crippen molar-refractivity contribution in [3.05, 3.63) is 64.2 Å². The van der Waals surface area contributed by atoms with Crippen LogP contribution in [0.25, 0.3) is 11.1 Å². The molecule has 0 amide bonds. The highest BCUT2D eigenvalue weighted by molar-refractivity contribution is 5.99. The average molecular weight is 296 g/mol. The molecule has 3 aromatic rings. The number of non-ortho nitro benzene ring substituents is 1. The standard InChI is InChI=1S/C15H12N4O3/c1-10(11-6-8-12(9-7-11)19(20)21)17-18-15-16-13-4-2-3-5-14(13)22-15/h2-9H,1H3,(H,16,18)/b17-10+. The summed E-state index contributed by atoms with van der Waals surface area (Å²) in [6.45, 7) is 1.79. The number of hydrogen-bond acceptors (Lipinski definition) is 6. The number of fused-ring (bicyclic) bond motifs is 1. The molecular weight excluding hydrogens is 284 g/mol. The molecule has 1 N–H and O–H groups in total. The van der Waals surface area contributed by atoms with Crippen LogP contribution in [0.2, 0.25) is 0 Å². The van der Waals surface area contributed by atoms with E-state index in [1.54, 1.807) is 19.1 Å². The van der Waals surface area contributed by atoms with Crippen molar-refractivity contribution in [1.82, 2.24) is 4.98 Å². The third kappa shape index (κ3) is 2.78. The molecule has 0 aliphatic carbocycles. The highest BCUT2D eigenvalue weighted by Gasteiger charge is 2.06. The van der Waals surface area contributed by atoms with E-state index in [1.165, 1.54) is 12.1 Å². The Balaban J connectivity index is 1.77. The van der Waals surface area contributed by atoms with Gasteiger partial charge in [-0.2, -0.15) is 10.1 Å². The Labute approximate surface area is 125 Å². The van der Waals surface area contributed by atoms with Gasteiger partial charge in [-0.3, -0.25) is 10.1 Å². The van der Waals surface area contributed by atoms with Crippen molar-refractivity contribution in [3.8, 4) is 0 Å². The fourth-order valence-corrected chi connectivity index (χ4v) is 1.94. The lowest BCUT2D eigenvalue weighted by molar-refractivity contribution is -0.384. The van der Waals surface area contributed by atoms with Crippen molar-refractivity contribution in [2.24, 2.45) is 5.10 Å². The number of nitro benzene ring substituents is 1. The van der Waals surface area contributed by atoms with Gasteiger partial charge in [0.25, 0.3) is 5.69 Å². The Morgan fingerprint density at radius 3 is 2.64 bits per heavy atom. The molecule has 7 nitrogen and oxygen atoms in total. The predicted octanol–water partition coefficient (Wildman–Crippen LogP) is 3.57. The number of nitro groups is 1. The molecule has 0 fully saturated rings. The van der Waals surface area contributed by atoms with Crippen LogP contribution in [0.3, 0.4) is 0 Å². The Kier molecular flexibility index (Phi) is 3.53. The summed E-state index contributed by atoms with van der Waals surface area (Å²) in [6.07, 6.45) is 0. The monoisotopic (exact) mass is 296 g/mol. The van der Waals surface area contributed by atoms with Gasteiger partial charge in [-0.1, -0.05) is 12.1 Å². The molecule has 0 saturated carbocycles. The zero-order chi connectivity index (χ0) is 15.5. The molecule has 0 spiro atoms. The zero-order valence-electron chi connectivity index (χ0n) is 11.7. The summed E-state index contributed by atoms with van der Waals surface area (Å²) in [7, 11) is 0. The molecule has 7 heteroatoms. The van der Waals surface area contributed by atoms with Gasteiger partial charge in [-0.05, 0) is 36.8 Å². The maximum Gasteiger partial charge on any atom is 0.316 e. The number of para-hydroxylation sites is 2. The molecule has 0 saturated heterocycles. The van der Waals surface area contributed by atoms with Gasteiger partial charge in [0, 0.05) is 12.1 Å². The van der Waals surface area contributed by atoms with Crippen LogP contribution < -0.4 is 5.43 Å². The van der Waals surface area contributed by atoms with Crippen molar-refractivity contribution in [1.29, 1.82) is 0 Å². The van der Waals surface area contributed by atoms with Crippen LogP contribution >= 0.6 is 0 Å². The first kappa shape index (κ1) is 13.7. The number of aromatic nitrogens is 1. The van der Waals surface area contributed by atoms with E-state index in [9.17, 15) is 10.1 Å². The van der Waals surface area contributed by atoms with Crippen LogP contribution in [-0.2, 0) is 0 Å². The van der Waals surface area contributed by atoms with E-state index < -0.39 is 4.92 Å². The quantitative estimate of drug-likeness (QED) is 0.451. The molecule has 0 atom stereocenters. The van der Waals surface area contributed by atoms with E-state index in [0.29, 0.717) is 17.3 Å². The Hall–Kier alpha value is -3.22. The number of oxazole rings is 1. The number of hydrogen-bond donors (Lipinski definition) is 1. The average Bonchev–Trinajstić information content (AvgIpc) is 2.95. The first-order chi connectivity index (χ1) is 10.6. The second-order valence-electron chi connectivity index (χ2n) is 4.60. The lowest BCUT2D eigenvalue weighted by Crippen LogP contribution is -2.00. The van der Waals surface area contributed by atoms with Crippen molar-refractivity contribution in [2.75, 3.05) is 5.43 Å². The summed E-state index contributed by atoms with van der Waals surface area (Å²) >= 11 is 0. The van der Waals surface area contributed by atoms with Crippen LogP contribution in [-0.4, -0.2) is 15.6 Å². The molecule has 2 aromatic carbocycles. The molecule has 22 heavy (non-hydrogen) atoms. The molecule has 0 radical (unpaired) electrons. The summed E-state index contributed by atoms with van der Waals surface area (Å²) in [5.41, 5.74) is 5.65. The van der Waals surface area contributed by atoms with E-state index in [-0.39, 0.29) is 5.69 Å². The van der Waals surface area contributed by atoms with Gasteiger partial charge in [0.15, 0.2) is 5.58 Å². The largest absolute Gasteiger partial charge is 0.422 e.